The van der Waals surface area contributed by atoms with Gasteiger partial charge in [-0.15, -0.1) is 0 Å². The zero-order valence-electron chi connectivity index (χ0n) is 13.3. The smallest absolute Gasteiger partial charge is 0.321 e. The van der Waals surface area contributed by atoms with Crippen LogP contribution in [-0.2, 0) is 0 Å². The molecule has 0 spiro atoms. The Hall–Kier alpha value is -1.71. The molecule has 2 aromatic rings. The van der Waals surface area contributed by atoms with Crippen molar-refractivity contribution in [1.29, 1.82) is 0 Å². The summed E-state index contributed by atoms with van der Waals surface area (Å²) in [5, 5.41) is 4.21. The Labute approximate surface area is 152 Å². The molecule has 3 nitrogen and oxygen atoms in total. The maximum absolute atomic E-state index is 12.6. The fourth-order valence-electron chi connectivity index (χ4n) is 3.09. The van der Waals surface area contributed by atoms with E-state index in [1.807, 2.05) is 35.2 Å². The molecule has 0 bridgehead atoms. The summed E-state index contributed by atoms with van der Waals surface area (Å²) in [6.07, 6.45) is 3.21. The van der Waals surface area contributed by atoms with E-state index < -0.39 is 0 Å². The maximum atomic E-state index is 12.6. The number of amides is 2. The zero-order valence-corrected chi connectivity index (χ0v) is 14.9. The van der Waals surface area contributed by atoms with E-state index in [2.05, 4.69) is 17.4 Å². The third kappa shape index (κ3) is 4.22. The van der Waals surface area contributed by atoms with Crippen molar-refractivity contribution >= 4 is 34.9 Å². The van der Waals surface area contributed by atoms with Crippen LogP contribution >= 0.6 is 23.2 Å². The average Bonchev–Trinajstić information content (AvgIpc) is 2.84. The van der Waals surface area contributed by atoms with Gasteiger partial charge in [-0.1, -0.05) is 53.9 Å². The molecule has 5 heteroatoms. The number of likely N-dealkylation sites (tertiary alicyclic amines) is 1. The highest BCUT2D eigenvalue weighted by molar-refractivity contribution is 6.33. The second-order valence-electron chi connectivity index (χ2n) is 6.10. The van der Waals surface area contributed by atoms with Gasteiger partial charge in [0, 0.05) is 24.0 Å². The highest BCUT2D eigenvalue weighted by atomic mass is 35.5. The Balaban J connectivity index is 1.71. The maximum Gasteiger partial charge on any atom is 0.321 e. The first kappa shape index (κ1) is 17.1. The molecule has 0 radical (unpaired) electrons. The fraction of sp³-hybridized carbons (Fsp3) is 0.316. The van der Waals surface area contributed by atoms with Crippen LogP contribution in [0.25, 0.3) is 0 Å². The Kier molecular flexibility index (Phi) is 5.64. The molecule has 126 valence electrons. The second kappa shape index (κ2) is 7.91. The van der Waals surface area contributed by atoms with Gasteiger partial charge in [0.1, 0.15) is 0 Å². The molecule has 1 fully saturated rings. The summed E-state index contributed by atoms with van der Waals surface area (Å²) in [6, 6.07) is 15.1. The predicted octanol–water partition coefficient (Wildman–Crippen LogP) is 5.80. The van der Waals surface area contributed by atoms with Crippen LogP contribution in [0.2, 0.25) is 10.0 Å². The first-order valence-electron chi connectivity index (χ1n) is 8.19. The molecule has 1 N–H and O–H groups in total. The van der Waals surface area contributed by atoms with Crippen molar-refractivity contribution in [2.75, 3.05) is 18.4 Å². The Bertz CT molecular complexity index is 703. The monoisotopic (exact) mass is 362 g/mol. The number of hydrogen-bond donors (Lipinski definition) is 1. The molecule has 2 aromatic carbocycles. The lowest BCUT2D eigenvalue weighted by Gasteiger charge is -2.25. The number of nitrogens with one attached hydrogen (secondary N) is 1. The van der Waals surface area contributed by atoms with E-state index in [-0.39, 0.29) is 6.03 Å². The molecule has 1 atom stereocenters. The van der Waals surface area contributed by atoms with Crippen molar-refractivity contribution in [3.8, 4) is 0 Å². The van der Waals surface area contributed by atoms with Gasteiger partial charge in [0.15, 0.2) is 0 Å². The number of nitrogens with zero attached hydrogens (tertiary/aromatic N) is 1. The van der Waals surface area contributed by atoms with E-state index in [0.29, 0.717) is 23.2 Å². The van der Waals surface area contributed by atoms with Crippen molar-refractivity contribution in [3.63, 3.8) is 0 Å². The van der Waals surface area contributed by atoms with Gasteiger partial charge in [-0.2, -0.15) is 0 Å². The molecule has 1 heterocycles. The lowest BCUT2D eigenvalue weighted by Crippen LogP contribution is -2.37. The highest BCUT2D eigenvalue weighted by Gasteiger charge is 2.23. The molecular formula is C19H20Cl2N2O. The van der Waals surface area contributed by atoms with E-state index in [9.17, 15) is 4.79 Å². The highest BCUT2D eigenvalue weighted by Crippen LogP contribution is 2.28. The summed E-state index contributed by atoms with van der Waals surface area (Å²) in [5.74, 6) is 0.335. The Morgan fingerprint density at radius 3 is 2.54 bits per heavy atom. The number of carbonyl (C=O) groups excluding carboxylic acids is 1. The van der Waals surface area contributed by atoms with Gasteiger partial charge in [-0.05, 0) is 42.7 Å². The number of benzene rings is 2. The van der Waals surface area contributed by atoms with Gasteiger partial charge in [0.25, 0.3) is 0 Å². The second-order valence-corrected chi connectivity index (χ2v) is 6.94. The molecule has 2 amide bonds. The van der Waals surface area contributed by atoms with Gasteiger partial charge in [-0.25, -0.2) is 4.79 Å². The number of para-hydroxylation sites is 1. The lowest BCUT2D eigenvalue weighted by atomic mass is 9.94. The quantitative estimate of drug-likeness (QED) is 0.719. The fourth-order valence-corrected chi connectivity index (χ4v) is 3.40. The SMILES string of the molecule is O=C(Nc1ccccc1Cl)N1CCCCC(c2ccc(Cl)cc2)C1. The van der Waals surface area contributed by atoms with Crippen LogP contribution in [-0.4, -0.2) is 24.0 Å². The van der Waals surface area contributed by atoms with Crippen molar-refractivity contribution in [2.24, 2.45) is 0 Å². The normalized spacial score (nSPS) is 18.1. The summed E-state index contributed by atoms with van der Waals surface area (Å²) in [7, 11) is 0. The number of rotatable bonds is 2. The molecule has 1 unspecified atom stereocenters. The number of carbonyl (C=O) groups is 1. The predicted molar refractivity (Wildman–Crippen MR) is 100 cm³/mol. The molecule has 0 saturated carbocycles. The van der Waals surface area contributed by atoms with Crippen LogP contribution in [0.15, 0.2) is 48.5 Å². The molecule has 1 saturated heterocycles. The molecule has 0 aliphatic carbocycles. The Morgan fingerprint density at radius 2 is 1.79 bits per heavy atom. The first-order valence-corrected chi connectivity index (χ1v) is 8.95. The van der Waals surface area contributed by atoms with Crippen LogP contribution in [0.1, 0.15) is 30.7 Å². The van der Waals surface area contributed by atoms with Crippen LogP contribution in [0.4, 0.5) is 10.5 Å². The first-order chi connectivity index (χ1) is 11.6. The molecule has 1 aliphatic heterocycles. The topological polar surface area (TPSA) is 32.3 Å². The van der Waals surface area contributed by atoms with Gasteiger partial charge in [-0.3, -0.25) is 0 Å². The third-order valence-electron chi connectivity index (χ3n) is 4.42. The van der Waals surface area contributed by atoms with E-state index >= 15 is 0 Å². The molecule has 0 aromatic heterocycles. The molecule has 3 rings (SSSR count). The summed E-state index contributed by atoms with van der Waals surface area (Å²) in [4.78, 5) is 14.5. The van der Waals surface area contributed by atoms with E-state index in [1.54, 1.807) is 6.07 Å². The summed E-state index contributed by atoms with van der Waals surface area (Å²) >= 11 is 12.1. The lowest BCUT2D eigenvalue weighted by molar-refractivity contribution is 0.211. The number of urea groups is 1. The number of hydrogen-bond acceptors (Lipinski definition) is 1. The van der Waals surface area contributed by atoms with Gasteiger partial charge in [0.2, 0.25) is 0 Å². The average molecular weight is 363 g/mol. The third-order valence-corrected chi connectivity index (χ3v) is 5.00. The standard InChI is InChI=1S/C19H20Cl2N2O/c20-16-10-8-14(9-11-16)15-5-3-4-12-23(13-15)19(24)22-18-7-2-1-6-17(18)21/h1-2,6-11,15H,3-5,12-13H2,(H,22,24). The minimum absolute atomic E-state index is 0.0936. The summed E-state index contributed by atoms with van der Waals surface area (Å²) in [6.45, 7) is 1.47. The Morgan fingerprint density at radius 1 is 1.04 bits per heavy atom. The zero-order chi connectivity index (χ0) is 16.9. The van der Waals surface area contributed by atoms with Crippen LogP contribution in [0, 0.1) is 0 Å². The van der Waals surface area contributed by atoms with Gasteiger partial charge < -0.3 is 10.2 Å². The molecule has 24 heavy (non-hydrogen) atoms. The van der Waals surface area contributed by atoms with Gasteiger partial charge in [0.05, 0.1) is 10.7 Å². The molecule has 1 aliphatic rings. The minimum atomic E-state index is -0.0936. The minimum Gasteiger partial charge on any atom is -0.324 e. The van der Waals surface area contributed by atoms with Crippen LogP contribution in [0.5, 0.6) is 0 Å². The summed E-state index contributed by atoms with van der Waals surface area (Å²) < 4.78 is 0. The van der Waals surface area contributed by atoms with E-state index in [1.165, 1.54) is 5.56 Å². The van der Waals surface area contributed by atoms with E-state index in [4.69, 9.17) is 23.2 Å². The molecular weight excluding hydrogens is 343 g/mol. The van der Waals surface area contributed by atoms with Crippen molar-refractivity contribution in [1.82, 2.24) is 4.90 Å². The van der Waals surface area contributed by atoms with Crippen molar-refractivity contribution in [2.45, 2.75) is 25.2 Å². The number of halogens is 2. The van der Waals surface area contributed by atoms with Gasteiger partial charge >= 0.3 is 6.03 Å². The largest absolute Gasteiger partial charge is 0.324 e. The van der Waals surface area contributed by atoms with Crippen LogP contribution in [0.3, 0.4) is 0 Å². The summed E-state index contributed by atoms with van der Waals surface area (Å²) in [5.41, 5.74) is 1.88. The van der Waals surface area contributed by atoms with E-state index in [0.717, 1.165) is 30.8 Å². The van der Waals surface area contributed by atoms with Crippen LogP contribution < -0.4 is 5.32 Å². The van der Waals surface area contributed by atoms with Crippen molar-refractivity contribution in [3.05, 3.63) is 64.1 Å². The number of anilines is 1. The van der Waals surface area contributed by atoms with Crippen molar-refractivity contribution < 1.29 is 4.79 Å².